The molecular formula is C10H9BrF2INO2. The van der Waals surface area contributed by atoms with Gasteiger partial charge in [-0.2, -0.15) is 0 Å². The van der Waals surface area contributed by atoms with Crippen LogP contribution in [0.15, 0.2) is 10.7 Å². The van der Waals surface area contributed by atoms with Crippen LogP contribution in [0.5, 0.6) is 0 Å². The zero-order chi connectivity index (χ0) is 13.0. The molecule has 0 amide bonds. The van der Waals surface area contributed by atoms with Crippen LogP contribution < -0.4 is 0 Å². The molecule has 3 nitrogen and oxygen atoms in total. The maximum absolute atomic E-state index is 12.6. The second kappa shape index (κ2) is 6.58. The van der Waals surface area contributed by atoms with Crippen LogP contribution in [0.3, 0.4) is 0 Å². The van der Waals surface area contributed by atoms with Crippen LogP contribution in [0.4, 0.5) is 8.78 Å². The van der Waals surface area contributed by atoms with Gasteiger partial charge in [-0.1, -0.05) is 0 Å². The second-order valence-corrected chi connectivity index (χ2v) is 5.02. The summed E-state index contributed by atoms with van der Waals surface area (Å²) in [5, 5.41) is 0. The molecule has 0 aliphatic carbocycles. The van der Waals surface area contributed by atoms with Crippen molar-refractivity contribution in [3.05, 3.63) is 25.5 Å². The molecule has 0 radical (unpaired) electrons. The molecule has 1 aromatic heterocycles. The van der Waals surface area contributed by atoms with Crippen LogP contribution in [0.2, 0.25) is 0 Å². The second-order valence-electron chi connectivity index (χ2n) is 3.07. The Hall–Kier alpha value is -0.310. The monoisotopic (exact) mass is 419 g/mol. The topological polar surface area (TPSA) is 39.2 Å². The number of carbonyl (C=O) groups is 1. The fourth-order valence-electron chi connectivity index (χ4n) is 1.19. The van der Waals surface area contributed by atoms with E-state index in [-0.39, 0.29) is 23.2 Å². The van der Waals surface area contributed by atoms with Gasteiger partial charge in [0.2, 0.25) is 0 Å². The fraction of sp³-hybridized carbons (Fsp3) is 0.400. The molecule has 1 rings (SSSR count). The summed E-state index contributed by atoms with van der Waals surface area (Å²) in [4.78, 5) is 15.0. The van der Waals surface area contributed by atoms with Gasteiger partial charge >= 0.3 is 5.97 Å². The predicted molar refractivity (Wildman–Crippen MR) is 69.9 cm³/mol. The molecule has 0 aliphatic heterocycles. The van der Waals surface area contributed by atoms with Crippen molar-refractivity contribution in [1.29, 1.82) is 0 Å². The highest BCUT2D eigenvalue weighted by molar-refractivity contribution is 14.1. The van der Waals surface area contributed by atoms with Crippen LogP contribution in [-0.2, 0) is 16.0 Å². The molecule has 0 aliphatic rings. The maximum atomic E-state index is 12.6. The number of hydrogen-bond donors (Lipinski definition) is 0. The highest BCUT2D eigenvalue weighted by Crippen LogP contribution is 2.31. The molecule has 0 aromatic carbocycles. The average Bonchev–Trinajstić information content (AvgIpc) is 2.24. The molecule has 0 fully saturated rings. The number of nitrogens with zero attached hydrogens (tertiary/aromatic N) is 1. The van der Waals surface area contributed by atoms with E-state index >= 15 is 0 Å². The Morgan fingerprint density at radius 2 is 2.29 bits per heavy atom. The van der Waals surface area contributed by atoms with Crippen molar-refractivity contribution in [2.75, 3.05) is 6.61 Å². The van der Waals surface area contributed by atoms with E-state index in [1.807, 2.05) is 22.6 Å². The lowest BCUT2D eigenvalue weighted by atomic mass is 10.1. The van der Waals surface area contributed by atoms with Gasteiger partial charge in [-0.3, -0.25) is 9.78 Å². The average molecular weight is 420 g/mol. The van der Waals surface area contributed by atoms with Crippen molar-refractivity contribution < 1.29 is 18.3 Å². The summed E-state index contributed by atoms with van der Waals surface area (Å²) in [5.74, 6) is -0.447. The first-order valence-corrected chi connectivity index (χ1v) is 6.61. The van der Waals surface area contributed by atoms with Crippen LogP contribution >= 0.6 is 38.5 Å². The Morgan fingerprint density at radius 3 is 2.82 bits per heavy atom. The highest BCUT2D eigenvalue weighted by atomic mass is 127. The number of rotatable bonds is 4. The number of carbonyl (C=O) groups excluding carboxylic acids is 1. The van der Waals surface area contributed by atoms with E-state index in [0.29, 0.717) is 9.13 Å². The zero-order valence-corrected chi connectivity index (χ0v) is 12.6. The van der Waals surface area contributed by atoms with E-state index < -0.39 is 12.4 Å². The number of esters is 1. The number of pyridine rings is 1. The SMILES string of the molecule is CCOC(=O)Cc1c(I)cnc(C(F)F)c1Br. The standard InChI is InChI=1S/C10H9BrF2INO2/c1-2-17-7(16)3-5-6(14)4-15-9(8(5)11)10(12)13/h4,10H,2-3H2,1H3. The highest BCUT2D eigenvalue weighted by Gasteiger charge is 2.20. The van der Waals surface area contributed by atoms with Crippen LogP contribution in [-0.4, -0.2) is 17.6 Å². The first-order valence-electron chi connectivity index (χ1n) is 4.73. The van der Waals surface area contributed by atoms with E-state index in [1.54, 1.807) is 6.92 Å². The molecule has 7 heteroatoms. The van der Waals surface area contributed by atoms with Crippen molar-refractivity contribution in [1.82, 2.24) is 4.98 Å². The zero-order valence-electron chi connectivity index (χ0n) is 8.84. The smallest absolute Gasteiger partial charge is 0.310 e. The Balaban J connectivity index is 3.05. The molecule has 0 atom stereocenters. The molecule has 0 bridgehead atoms. The number of ether oxygens (including phenoxy) is 1. The number of aromatic nitrogens is 1. The predicted octanol–water partition coefficient (Wildman–Crippen LogP) is 3.49. The van der Waals surface area contributed by atoms with Crippen molar-refractivity contribution in [2.24, 2.45) is 0 Å². The minimum Gasteiger partial charge on any atom is -0.466 e. The Morgan fingerprint density at radius 1 is 1.65 bits per heavy atom. The lowest BCUT2D eigenvalue weighted by molar-refractivity contribution is -0.142. The molecule has 0 saturated heterocycles. The fourth-order valence-corrected chi connectivity index (χ4v) is 2.79. The van der Waals surface area contributed by atoms with Gasteiger partial charge < -0.3 is 4.74 Å². The minimum atomic E-state index is -2.68. The van der Waals surface area contributed by atoms with Gasteiger partial charge in [0.05, 0.1) is 13.0 Å². The summed E-state index contributed by atoms with van der Waals surface area (Å²) in [5.41, 5.74) is 0.124. The molecule has 0 saturated carbocycles. The van der Waals surface area contributed by atoms with Crippen molar-refractivity contribution in [3.8, 4) is 0 Å². The van der Waals surface area contributed by atoms with E-state index in [2.05, 4.69) is 20.9 Å². The Kier molecular flexibility index (Phi) is 5.71. The molecule has 1 heterocycles. The first kappa shape index (κ1) is 14.7. The molecule has 17 heavy (non-hydrogen) atoms. The summed E-state index contributed by atoms with van der Waals surface area (Å²) in [6.45, 7) is 1.95. The number of hydrogen-bond acceptors (Lipinski definition) is 3. The quantitative estimate of drug-likeness (QED) is 0.554. The van der Waals surface area contributed by atoms with Gasteiger partial charge in [0, 0.05) is 14.2 Å². The van der Waals surface area contributed by atoms with Crippen LogP contribution in [0, 0.1) is 3.57 Å². The van der Waals surface area contributed by atoms with E-state index in [0.717, 1.165) is 0 Å². The lowest BCUT2D eigenvalue weighted by Crippen LogP contribution is -2.10. The summed E-state index contributed by atoms with van der Waals surface area (Å²) >= 11 is 5.00. The third kappa shape index (κ3) is 3.84. The summed E-state index contributed by atoms with van der Waals surface area (Å²) in [6.07, 6.45) is -1.40. The summed E-state index contributed by atoms with van der Waals surface area (Å²) < 4.78 is 30.8. The molecule has 0 unspecified atom stereocenters. The van der Waals surface area contributed by atoms with Gasteiger partial charge in [-0.15, -0.1) is 0 Å². The van der Waals surface area contributed by atoms with Crippen molar-refractivity contribution in [3.63, 3.8) is 0 Å². The van der Waals surface area contributed by atoms with Gasteiger partial charge in [0.15, 0.2) is 0 Å². The normalized spacial score (nSPS) is 10.7. The molecular weight excluding hydrogens is 411 g/mol. The number of halogens is 4. The minimum absolute atomic E-state index is 0.0467. The summed E-state index contributed by atoms with van der Waals surface area (Å²) in [7, 11) is 0. The van der Waals surface area contributed by atoms with E-state index in [1.165, 1.54) is 6.20 Å². The number of alkyl halides is 2. The van der Waals surface area contributed by atoms with E-state index in [9.17, 15) is 13.6 Å². The van der Waals surface area contributed by atoms with Crippen LogP contribution in [0.25, 0.3) is 0 Å². The van der Waals surface area contributed by atoms with Crippen LogP contribution in [0.1, 0.15) is 24.6 Å². The van der Waals surface area contributed by atoms with Crippen molar-refractivity contribution in [2.45, 2.75) is 19.8 Å². The van der Waals surface area contributed by atoms with Gasteiger partial charge in [-0.05, 0) is 51.0 Å². The Bertz CT molecular complexity index is 429. The molecule has 94 valence electrons. The third-order valence-electron chi connectivity index (χ3n) is 1.93. The third-order valence-corrected chi connectivity index (χ3v) is 3.74. The maximum Gasteiger partial charge on any atom is 0.310 e. The van der Waals surface area contributed by atoms with Gasteiger partial charge in [0.25, 0.3) is 6.43 Å². The Labute approximate surface area is 119 Å². The first-order chi connectivity index (χ1) is 7.97. The molecule has 0 N–H and O–H groups in total. The van der Waals surface area contributed by atoms with Gasteiger partial charge in [-0.25, -0.2) is 8.78 Å². The van der Waals surface area contributed by atoms with E-state index in [4.69, 9.17) is 4.74 Å². The van der Waals surface area contributed by atoms with Crippen molar-refractivity contribution >= 4 is 44.5 Å². The molecule has 1 aromatic rings. The molecule has 0 spiro atoms. The largest absolute Gasteiger partial charge is 0.466 e. The summed E-state index contributed by atoms with van der Waals surface area (Å²) in [6, 6.07) is 0. The van der Waals surface area contributed by atoms with Gasteiger partial charge in [0.1, 0.15) is 5.69 Å². The lowest BCUT2D eigenvalue weighted by Gasteiger charge is -2.10.